The summed E-state index contributed by atoms with van der Waals surface area (Å²) in [4.78, 5) is 11.3. The first-order chi connectivity index (χ1) is 11.6. The van der Waals surface area contributed by atoms with Crippen LogP contribution in [0.2, 0.25) is 0 Å². The first-order valence-electron chi connectivity index (χ1n) is 9.31. The highest BCUT2D eigenvalue weighted by Gasteiger charge is 2.07. The Morgan fingerprint density at radius 3 is 2.12 bits per heavy atom. The quantitative estimate of drug-likeness (QED) is 0.265. The van der Waals surface area contributed by atoms with Crippen LogP contribution in [0.5, 0.6) is 0 Å². The van der Waals surface area contributed by atoms with E-state index in [2.05, 4.69) is 6.92 Å². The minimum absolute atomic E-state index is 0.463. The van der Waals surface area contributed by atoms with Gasteiger partial charge < -0.3 is 5.11 Å². The number of hydrogen-bond donors (Lipinski definition) is 1. The number of benzene rings is 1. The van der Waals surface area contributed by atoms with E-state index >= 15 is 0 Å². The molecule has 0 bridgehead atoms. The van der Waals surface area contributed by atoms with Crippen LogP contribution in [-0.2, 0) is 4.79 Å². The molecule has 0 aromatic heterocycles. The Balaban J connectivity index is 2.46. The van der Waals surface area contributed by atoms with Gasteiger partial charge in [-0.1, -0.05) is 94.4 Å². The van der Waals surface area contributed by atoms with Gasteiger partial charge in [-0.25, -0.2) is 4.79 Å². The molecule has 0 aliphatic heterocycles. The van der Waals surface area contributed by atoms with Gasteiger partial charge in [-0.2, -0.15) is 0 Å². The number of carbonyl (C=O) groups is 1. The van der Waals surface area contributed by atoms with Crippen molar-refractivity contribution in [2.24, 2.45) is 0 Å². The molecule has 0 amide bonds. The molecule has 1 N–H and O–H groups in total. The second-order valence-corrected chi connectivity index (χ2v) is 6.42. The van der Waals surface area contributed by atoms with Gasteiger partial charge in [0.15, 0.2) is 0 Å². The fraction of sp³-hybridized carbons (Fsp3) is 0.500. The summed E-state index contributed by atoms with van der Waals surface area (Å²) in [5.74, 6) is -0.817. The summed E-state index contributed by atoms with van der Waals surface area (Å²) in [5.41, 5.74) is 2.51. The maximum atomic E-state index is 11.3. The summed E-state index contributed by atoms with van der Waals surface area (Å²) >= 11 is 0. The Hall–Kier alpha value is -1.83. The topological polar surface area (TPSA) is 37.3 Å². The average Bonchev–Trinajstić information content (AvgIpc) is 2.60. The van der Waals surface area contributed by atoms with Crippen molar-refractivity contribution in [3.05, 3.63) is 53.1 Å². The Labute approximate surface area is 147 Å². The maximum absolute atomic E-state index is 11.3. The van der Waals surface area contributed by atoms with Crippen molar-refractivity contribution < 1.29 is 9.90 Å². The second kappa shape index (κ2) is 12.6. The van der Waals surface area contributed by atoms with Crippen LogP contribution in [0.3, 0.4) is 0 Å². The summed E-state index contributed by atoms with van der Waals surface area (Å²) in [6.45, 7) is 3.94. The van der Waals surface area contributed by atoms with Gasteiger partial charge in [0.05, 0.1) is 0 Å². The summed E-state index contributed by atoms with van der Waals surface area (Å²) in [7, 11) is 0. The van der Waals surface area contributed by atoms with E-state index in [1.807, 2.05) is 42.5 Å². The fourth-order valence-electron chi connectivity index (χ4n) is 2.74. The summed E-state index contributed by atoms with van der Waals surface area (Å²) < 4.78 is 0. The number of allylic oxidation sites excluding steroid dienone is 2. The Morgan fingerprint density at radius 2 is 1.54 bits per heavy atom. The minimum atomic E-state index is -0.817. The SMILES string of the molecule is CCCCCCCCCCC(C=Cc1ccccc1)=C(C)C(=O)O. The maximum Gasteiger partial charge on any atom is 0.331 e. The minimum Gasteiger partial charge on any atom is -0.478 e. The van der Waals surface area contributed by atoms with Gasteiger partial charge in [0, 0.05) is 5.57 Å². The molecule has 2 nitrogen and oxygen atoms in total. The lowest BCUT2D eigenvalue weighted by Crippen LogP contribution is -2.00. The third-order valence-corrected chi connectivity index (χ3v) is 4.38. The van der Waals surface area contributed by atoms with Crippen molar-refractivity contribution in [2.75, 3.05) is 0 Å². The van der Waals surface area contributed by atoms with Crippen LogP contribution in [0.25, 0.3) is 6.08 Å². The molecular weight excluding hydrogens is 296 g/mol. The van der Waals surface area contributed by atoms with Gasteiger partial charge in [0.1, 0.15) is 0 Å². The number of rotatable bonds is 12. The average molecular weight is 328 g/mol. The predicted molar refractivity (Wildman–Crippen MR) is 103 cm³/mol. The lowest BCUT2D eigenvalue weighted by molar-refractivity contribution is -0.132. The third-order valence-electron chi connectivity index (χ3n) is 4.38. The van der Waals surface area contributed by atoms with Crippen molar-refractivity contribution >= 4 is 12.0 Å². The van der Waals surface area contributed by atoms with E-state index in [-0.39, 0.29) is 0 Å². The van der Waals surface area contributed by atoms with Crippen LogP contribution in [-0.4, -0.2) is 11.1 Å². The second-order valence-electron chi connectivity index (χ2n) is 6.42. The Morgan fingerprint density at radius 1 is 0.958 bits per heavy atom. The normalized spacial score (nSPS) is 12.4. The van der Waals surface area contributed by atoms with Crippen LogP contribution in [0.15, 0.2) is 47.6 Å². The van der Waals surface area contributed by atoms with E-state index < -0.39 is 5.97 Å². The summed E-state index contributed by atoms with van der Waals surface area (Å²) in [5, 5.41) is 9.28. The Kier molecular flexibility index (Phi) is 10.6. The molecule has 0 unspecified atom stereocenters. The molecule has 0 aliphatic rings. The van der Waals surface area contributed by atoms with Crippen molar-refractivity contribution in [1.82, 2.24) is 0 Å². The van der Waals surface area contributed by atoms with Gasteiger partial charge in [0.2, 0.25) is 0 Å². The molecule has 0 saturated carbocycles. The molecule has 0 heterocycles. The number of aliphatic carboxylic acids is 1. The predicted octanol–water partition coefficient (Wildman–Crippen LogP) is 6.63. The van der Waals surface area contributed by atoms with Crippen molar-refractivity contribution in [3.8, 4) is 0 Å². The van der Waals surface area contributed by atoms with Crippen molar-refractivity contribution in [2.45, 2.75) is 71.6 Å². The molecule has 0 radical (unpaired) electrons. The highest BCUT2D eigenvalue weighted by molar-refractivity contribution is 5.87. The highest BCUT2D eigenvalue weighted by atomic mass is 16.4. The fourth-order valence-corrected chi connectivity index (χ4v) is 2.74. The van der Waals surface area contributed by atoms with Crippen LogP contribution < -0.4 is 0 Å². The summed E-state index contributed by atoms with van der Waals surface area (Å²) in [6, 6.07) is 10.0. The Bertz CT molecular complexity index is 526. The number of carboxylic acid groups (broad SMARTS) is 1. The van der Waals surface area contributed by atoms with Crippen LogP contribution in [0, 0.1) is 0 Å². The smallest absolute Gasteiger partial charge is 0.331 e. The molecule has 1 rings (SSSR count). The molecule has 132 valence electrons. The lowest BCUT2D eigenvalue weighted by atomic mass is 9.99. The van der Waals surface area contributed by atoms with E-state index in [1.54, 1.807) is 6.92 Å². The molecule has 0 aliphatic carbocycles. The summed E-state index contributed by atoms with van der Waals surface area (Å²) in [6.07, 6.45) is 14.9. The number of hydrogen-bond acceptors (Lipinski definition) is 1. The monoisotopic (exact) mass is 328 g/mol. The van der Waals surface area contributed by atoms with E-state index in [0.29, 0.717) is 5.57 Å². The molecule has 2 heteroatoms. The number of unbranched alkanes of at least 4 members (excludes halogenated alkanes) is 7. The van der Waals surface area contributed by atoms with Crippen LogP contribution >= 0.6 is 0 Å². The molecule has 0 spiro atoms. The van der Waals surface area contributed by atoms with E-state index in [0.717, 1.165) is 24.0 Å². The molecule has 1 aromatic rings. The standard InChI is InChI=1S/C22H32O2/c1-3-4-5-6-7-8-9-13-16-21(19(2)22(23)24)18-17-20-14-11-10-12-15-20/h10-12,14-15,17-18H,3-9,13,16H2,1-2H3,(H,23,24). The molecule has 0 atom stereocenters. The molecule has 1 aromatic carbocycles. The van der Waals surface area contributed by atoms with E-state index in [9.17, 15) is 9.90 Å². The highest BCUT2D eigenvalue weighted by Crippen LogP contribution is 2.18. The van der Waals surface area contributed by atoms with E-state index in [1.165, 1.54) is 44.9 Å². The largest absolute Gasteiger partial charge is 0.478 e. The first-order valence-corrected chi connectivity index (χ1v) is 9.31. The van der Waals surface area contributed by atoms with Gasteiger partial charge in [-0.15, -0.1) is 0 Å². The van der Waals surface area contributed by atoms with E-state index in [4.69, 9.17) is 0 Å². The van der Waals surface area contributed by atoms with Gasteiger partial charge in [-0.05, 0) is 30.9 Å². The molecule has 0 saturated heterocycles. The van der Waals surface area contributed by atoms with Gasteiger partial charge in [-0.3, -0.25) is 0 Å². The molecule has 24 heavy (non-hydrogen) atoms. The first kappa shape index (κ1) is 20.2. The molecular formula is C22H32O2. The lowest BCUT2D eigenvalue weighted by Gasteiger charge is -2.06. The van der Waals surface area contributed by atoms with Crippen LogP contribution in [0.1, 0.15) is 77.2 Å². The number of carboxylic acids is 1. The zero-order valence-electron chi connectivity index (χ0n) is 15.3. The van der Waals surface area contributed by atoms with Gasteiger partial charge >= 0.3 is 5.97 Å². The van der Waals surface area contributed by atoms with Crippen molar-refractivity contribution in [1.29, 1.82) is 0 Å². The zero-order chi connectivity index (χ0) is 17.6. The third kappa shape index (κ3) is 8.71. The zero-order valence-corrected chi connectivity index (χ0v) is 15.3. The van der Waals surface area contributed by atoms with Crippen LogP contribution in [0.4, 0.5) is 0 Å². The molecule has 0 fully saturated rings. The van der Waals surface area contributed by atoms with Crippen molar-refractivity contribution in [3.63, 3.8) is 0 Å². The van der Waals surface area contributed by atoms with Gasteiger partial charge in [0.25, 0.3) is 0 Å².